The molecule has 0 radical (unpaired) electrons. The average molecular weight is 541 g/mol. The van der Waals surface area contributed by atoms with Crippen LogP contribution in [-0.2, 0) is 14.3 Å². The number of aliphatic hydroxyl groups excluding tert-OH is 1. The van der Waals surface area contributed by atoms with E-state index in [0.29, 0.717) is 17.8 Å². The number of allylic oxidation sites excluding steroid dienone is 4. The van der Waals surface area contributed by atoms with Crippen molar-refractivity contribution in [1.82, 2.24) is 0 Å². The summed E-state index contributed by atoms with van der Waals surface area (Å²) in [6.45, 7) is 14.1. The van der Waals surface area contributed by atoms with Crippen LogP contribution in [0, 0.1) is 40.9 Å². The molecule has 0 bridgehead atoms. The second kappa shape index (κ2) is 9.89. The molecule has 1 fully saturated rings. The van der Waals surface area contributed by atoms with Gasteiger partial charge in [0.25, 0.3) is 10.1 Å². The summed E-state index contributed by atoms with van der Waals surface area (Å²) < 4.78 is 30.5. The Hall–Kier alpha value is -1.43. The third kappa shape index (κ3) is 4.55. The molecule has 4 nitrogen and oxygen atoms in total. The molecular weight excluding hydrogens is 492 g/mol. The van der Waals surface area contributed by atoms with Crippen LogP contribution in [0.1, 0.15) is 98.0 Å². The molecule has 4 aliphatic carbocycles. The molecule has 1 aromatic carbocycles. The normalized spacial score (nSPS) is 35.2. The maximum Gasteiger partial charge on any atom is 0.296 e. The molecule has 0 spiro atoms. The van der Waals surface area contributed by atoms with E-state index in [1.165, 1.54) is 19.3 Å². The van der Waals surface area contributed by atoms with Gasteiger partial charge in [0.15, 0.2) is 0 Å². The summed E-state index contributed by atoms with van der Waals surface area (Å²) >= 11 is 0. The number of fused-ring (bicyclic) bond motifs is 4. The van der Waals surface area contributed by atoms with Crippen molar-refractivity contribution < 1.29 is 17.7 Å². The van der Waals surface area contributed by atoms with Gasteiger partial charge in [-0.05, 0) is 122 Å². The Morgan fingerprint density at radius 1 is 1.03 bits per heavy atom. The fourth-order valence-electron chi connectivity index (χ4n) is 9.12. The number of aryl methyl sites for hydroxylation is 1. The molecule has 0 amide bonds. The minimum absolute atomic E-state index is 0.0254. The largest absolute Gasteiger partial charge is 0.393 e. The van der Waals surface area contributed by atoms with Crippen molar-refractivity contribution in [2.45, 2.75) is 110 Å². The summed E-state index contributed by atoms with van der Waals surface area (Å²) in [4.78, 5) is 0.235. The Kier molecular flexibility index (Phi) is 7.31. The number of hydrogen-bond donors (Lipinski definition) is 1. The summed E-state index contributed by atoms with van der Waals surface area (Å²) in [5.74, 6) is 1.66. The monoisotopic (exact) mass is 540 g/mol. The summed E-state index contributed by atoms with van der Waals surface area (Å²) in [5.41, 5.74) is 6.42. The van der Waals surface area contributed by atoms with Crippen LogP contribution in [0.2, 0.25) is 0 Å². The highest BCUT2D eigenvalue weighted by molar-refractivity contribution is 7.86. The maximum absolute atomic E-state index is 12.6. The average Bonchev–Trinajstić information content (AvgIpc) is 3.22. The Morgan fingerprint density at radius 3 is 2.45 bits per heavy atom. The highest BCUT2D eigenvalue weighted by Crippen LogP contribution is 2.66. The van der Waals surface area contributed by atoms with Crippen molar-refractivity contribution in [3.8, 4) is 0 Å². The Balaban J connectivity index is 1.24. The van der Waals surface area contributed by atoms with E-state index in [9.17, 15) is 13.5 Å². The van der Waals surface area contributed by atoms with Crippen molar-refractivity contribution in [3.05, 3.63) is 52.6 Å². The summed E-state index contributed by atoms with van der Waals surface area (Å²) in [5, 5.41) is 10.8. The molecule has 0 aliphatic heterocycles. The zero-order chi connectivity index (χ0) is 27.5. The summed E-state index contributed by atoms with van der Waals surface area (Å²) in [6, 6.07) is 6.85. The Morgan fingerprint density at radius 2 is 1.74 bits per heavy atom. The van der Waals surface area contributed by atoms with Crippen LogP contribution < -0.4 is 0 Å². The minimum atomic E-state index is -3.70. The van der Waals surface area contributed by atoms with E-state index in [4.69, 9.17) is 4.18 Å². The first kappa shape index (κ1) is 28.1. The fourth-order valence-corrected chi connectivity index (χ4v) is 10.1. The molecule has 1 saturated carbocycles. The van der Waals surface area contributed by atoms with E-state index in [1.807, 2.05) is 6.92 Å². The molecule has 0 saturated heterocycles. The van der Waals surface area contributed by atoms with Crippen LogP contribution in [-0.4, -0.2) is 26.2 Å². The molecule has 6 atom stereocenters. The smallest absolute Gasteiger partial charge is 0.296 e. The lowest BCUT2D eigenvalue weighted by molar-refractivity contribution is -0.0905. The molecule has 5 heteroatoms. The van der Waals surface area contributed by atoms with Crippen molar-refractivity contribution in [2.75, 3.05) is 6.61 Å². The zero-order valence-electron chi connectivity index (χ0n) is 24.3. The fraction of sp³-hybridized carbons (Fsp3) is 0.697. The van der Waals surface area contributed by atoms with Gasteiger partial charge in [0.1, 0.15) is 0 Å². The number of hydrogen-bond acceptors (Lipinski definition) is 4. The second-order valence-electron chi connectivity index (χ2n) is 13.9. The molecule has 0 aromatic heterocycles. The first-order valence-corrected chi connectivity index (χ1v) is 16.3. The molecule has 1 aromatic rings. The molecule has 5 rings (SSSR count). The van der Waals surface area contributed by atoms with Gasteiger partial charge in [0.05, 0.1) is 17.6 Å². The molecule has 1 unspecified atom stereocenters. The predicted octanol–water partition coefficient (Wildman–Crippen LogP) is 7.76. The van der Waals surface area contributed by atoms with Crippen LogP contribution in [0.4, 0.5) is 0 Å². The molecule has 38 heavy (non-hydrogen) atoms. The maximum atomic E-state index is 12.6. The quantitative estimate of drug-likeness (QED) is 0.284. The van der Waals surface area contributed by atoms with Gasteiger partial charge in [-0.25, -0.2) is 0 Å². The van der Waals surface area contributed by atoms with Crippen molar-refractivity contribution in [2.24, 2.45) is 34.0 Å². The number of rotatable bonds is 7. The van der Waals surface area contributed by atoms with Crippen molar-refractivity contribution in [1.29, 1.82) is 0 Å². The third-order valence-electron chi connectivity index (χ3n) is 11.5. The number of benzene rings is 1. The molecule has 210 valence electrons. The predicted molar refractivity (Wildman–Crippen MR) is 153 cm³/mol. The molecular formula is C33H48O4S. The highest BCUT2D eigenvalue weighted by atomic mass is 32.2. The molecule has 1 N–H and O–H groups in total. The van der Waals surface area contributed by atoms with Gasteiger partial charge in [-0.2, -0.15) is 8.42 Å². The first-order chi connectivity index (χ1) is 17.8. The van der Waals surface area contributed by atoms with Crippen LogP contribution in [0.3, 0.4) is 0 Å². The van der Waals surface area contributed by atoms with Gasteiger partial charge in [-0.3, -0.25) is 4.18 Å². The van der Waals surface area contributed by atoms with E-state index in [1.54, 1.807) is 41.0 Å². The third-order valence-corrected chi connectivity index (χ3v) is 12.8. The summed E-state index contributed by atoms with van der Waals surface area (Å²) in [6.07, 6.45) is 11.9. The lowest BCUT2D eigenvalue weighted by atomic mass is 9.46. The van der Waals surface area contributed by atoms with E-state index in [0.717, 1.165) is 44.1 Å². The van der Waals surface area contributed by atoms with Gasteiger partial charge in [0, 0.05) is 0 Å². The highest BCUT2D eigenvalue weighted by Gasteiger charge is 2.57. The van der Waals surface area contributed by atoms with Gasteiger partial charge >= 0.3 is 0 Å². The van der Waals surface area contributed by atoms with Crippen LogP contribution in [0.15, 0.2) is 52.0 Å². The van der Waals surface area contributed by atoms with Crippen molar-refractivity contribution in [3.63, 3.8) is 0 Å². The van der Waals surface area contributed by atoms with Gasteiger partial charge < -0.3 is 5.11 Å². The summed E-state index contributed by atoms with van der Waals surface area (Å²) in [7, 11) is -3.70. The van der Waals surface area contributed by atoms with E-state index in [-0.39, 0.29) is 33.9 Å². The Labute approximate surface area is 231 Å². The SMILES string of the molecule is Cc1ccc(S(=O)(=O)OCCC[C@@H](C)[C@H]2CC=C3C4=C(CC[C@@]32C)[C@@]2(C)CCC(O)C(C)(C)[C@@H]2CC4)cc1. The molecule has 0 heterocycles. The zero-order valence-corrected chi connectivity index (χ0v) is 25.2. The standard InChI is InChI=1S/C33H48O4S/c1-22-9-11-24(12-10-22)38(35,36)37-21-7-8-23(2)26-14-15-27-25-13-16-29-31(3,4)30(34)18-20-33(29,6)28(25)17-19-32(26,27)5/h9-12,15,23,26,29-30,34H,7-8,13-14,16-21H2,1-6H3/t23-,26-,29+,30?,32-,33-/m1/s1. The lowest BCUT2D eigenvalue weighted by Gasteiger charge is -2.59. The van der Waals surface area contributed by atoms with Gasteiger partial charge in [-0.1, -0.05) is 64.0 Å². The topological polar surface area (TPSA) is 63.6 Å². The second-order valence-corrected chi connectivity index (χ2v) is 15.5. The van der Waals surface area contributed by atoms with E-state index < -0.39 is 10.1 Å². The van der Waals surface area contributed by atoms with Crippen LogP contribution >= 0.6 is 0 Å². The van der Waals surface area contributed by atoms with Gasteiger partial charge in [0.2, 0.25) is 0 Å². The van der Waals surface area contributed by atoms with Crippen molar-refractivity contribution >= 4 is 10.1 Å². The minimum Gasteiger partial charge on any atom is -0.393 e. The van der Waals surface area contributed by atoms with Crippen LogP contribution in [0.5, 0.6) is 0 Å². The lowest BCUT2D eigenvalue weighted by Crippen LogP contribution is -2.53. The first-order valence-electron chi connectivity index (χ1n) is 14.9. The number of aliphatic hydroxyl groups is 1. The van der Waals surface area contributed by atoms with Gasteiger partial charge in [-0.15, -0.1) is 0 Å². The van der Waals surface area contributed by atoms with Crippen LogP contribution in [0.25, 0.3) is 0 Å². The Bertz CT molecular complexity index is 1220. The molecule has 4 aliphatic rings. The van der Waals surface area contributed by atoms with E-state index in [2.05, 4.69) is 40.7 Å². The van der Waals surface area contributed by atoms with E-state index >= 15 is 0 Å².